The molecule has 0 aliphatic heterocycles. The smallest absolute Gasteiger partial charge is 0.277 e. The number of halogens is 3. The molecular formula is C11H9F3N2OS. The summed E-state index contributed by atoms with van der Waals surface area (Å²) in [5.41, 5.74) is 0. The second-order valence-corrected chi connectivity index (χ2v) is 4.93. The Morgan fingerprint density at radius 2 is 2.17 bits per heavy atom. The summed E-state index contributed by atoms with van der Waals surface area (Å²) in [7, 11) is -1.61. The molecule has 1 atom stereocenters. The molecule has 0 aliphatic rings. The highest BCUT2D eigenvalue weighted by Crippen LogP contribution is 2.17. The van der Waals surface area contributed by atoms with Gasteiger partial charge in [0, 0.05) is 17.3 Å². The summed E-state index contributed by atoms with van der Waals surface area (Å²) in [5, 5.41) is 0. The van der Waals surface area contributed by atoms with Gasteiger partial charge in [-0.2, -0.15) is 8.78 Å². The van der Waals surface area contributed by atoms with Crippen molar-refractivity contribution < 1.29 is 17.4 Å². The number of imidazole rings is 1. The lowest BCUT2D eigenvalue weighted by Gasteiger charge is -2.06. The van der Waals surface area contributed by atoms with Crippen LogP contribution in [0.2, 0.25) is 0 Å². The van der Waals surface area contributed by atoms with E-state index in [4.69, 9.17) is 0 Å². The molecule has 0 radical (unpaired) electrons. The van der Waals surface area contributed by atoms with E-state index in [0.717, 1.165) is 12.3 Å². The summed E-state index contributed by atoms with van der Waals surface area (Å²) >= 11 is 0. The van der Waals surface area contributed by atoms with Crippen molar-refractivity contribution in [2.45, 2.75) is 17.2 Å². The molecule has 96 valence electrons. The van der Waals surface area contributed by atoms with Gasteiger partial charge in [0.25, 0.3) is 0 Å². The van der Waals surface area contributed by atoms with E-state index in [9.17, 15) is 17.4 Å². The van der Waals surface area contributed by atoms with Gasteiger partial charge in [-0.25, -0.2) is 9.37 Å². The molecule has 0 aliphatic carbocycles. The normalized spacial score (nSPS) is 12.9. The average molecular weight is 274 g/mol. The van der Waals surface area contributed by atoms with Crippen LogP contribution in [0.4, 0.5) is 13.2 Å². The van der Waals surface area contributed by atoms with Crippen LogP contribution < -0.4 is 0 Å². The van der Waals surface area contributed by atoms with E-state index in [2.05, 4.69) is 4.98 Å². The van der Waals surface area contributed by atoms with E-state index in [1.54, 1.807) is 0 Å². The zero-order valence-electron chi connectivity index (χ0n) is 9.09. The van der Waals surface area contributed by atoms with E-state index in [-0.39, 0.29) is 16.5 Å². The van der Waals surface area contributed by atoms with Gasteiger partial charge in [-0.1, -0.05) is 6.07 Å². The van der Waals surface area contributed by atoms with Crippen LogP contribution in [-0.4, -0.2) is 13.8 Å². The standard InChI is InChI=1S/C11H9F3N2OS/c12-8-2-1-3-9(6-8)18(17)7-10-15-4-5-16(10)11(13)14/h1-6,11H,7H2. The maximum absolute atomic E-state index is 12.9. The molecule has 0 saturated heterocycles. The summed E-state index contributed by atoms with van der Waals surface area (Å²) in [6.45, 7) is -2.73. The highest BCUT2D eigenvalue weighted by Gasteiger charge is 2.15. The van der Waals surface area contributed by atoms with Crippen LogP contribution in [-0.2, 0) is 16.6 Å². The van der Waals surface area contributed by atoms with E-state index in [1.807, 2.05) is 0 Å². The Balaban J connectivity index is 2.19. The molecule has 3 nitrogen and oxygen atoms in total. The predicted molar refractivity (Wildman–Crippen MR) is 60.0 cm³/mol. The fourth-order valence-corrected chi connectivity index (χ4v) is 2.54. The molecule has 0 saturated carbocycles. The van der Waals surface area contributed by atoms with Crippen molar-refractivity contribution in [3.63, 3.8) is 0 Å². The van der Waals surface area contributed by atoms with Gasteiger partial charge < -0.3 is 0 Å². The molecule has 2 aromatic rings. The van der Waals surface area contributed by atoms with Crippen molar-refractivity contribution in [3.8, 4) is 0 Å². The van der Waals surface area contributed by atoms with Crippen molar-refractivity contribution in [1.82, 2.24) is 9.55 Å². The van der Waals surface area contributed by atoms with Crippen LogP contribution in [0, 0.1) is 5.82 Å². The predicted octanol–water partition coefficient (Wildman–Crippen LogP) is 2.73. The first-order chi connectivity index (χ1) is 8.58. The Bertz CT molecular complexity index is 571. The molecule has 1 aromatic heterocycles. The number of hydrogen-bond donors (Lipinski definition) is 0. The van der Waals surface area contributed by atoms with Gasteiger partial charge in [-0.3, -0.25) is 8.78 Å². The second kappa shape index (κ2) is 5.34. The average Bonchev–Trinajstić information content (AvgIpc) is 2.77. The summed E-state index contributed by atoms with van der Waals surface area (Å²) in [6, 6.07) is 5.24. The van der Waals surface area contributed by atoms with Gasteiger partial charge in [0.15, 0.2) is 0 Å². The maximum atomic E-state index is 12.9. The second-order valence-electron chi connectivity index (χ2n) is 3.48. The topological polar surface area (TPSA) is 34.9 Å². The monoisotopic (exact) mass is 274 g/mol. The SMILES string of the molecule is O=S(Cc1nccn1C(F)F)c1cccc(F)c1. The summed E-state index contributed by atoms with van der Waals surface area (Å²) in [5.74, 6) is -0.688. The third kappa shape index (κ3) is 2.79. The van der Waals surface area contributed by atoms with Gasteiger partial charge in [-0.15, -0.1) is 0 Å². The highest BCUT2D eigenvalue weighted by molar-refractivity contribution is 7.84. The van der Waals surface area contributed by atoms with Crippen LogP contribution >= 0.6 is 0 Å². The van der Waals surface area contributed by atoms with E-state index in [1.165, 1.54) is 24.4 Å². The number of hydrogen-bond acceptors (Lipinski definition) is 2. The zero-order valence-corrected chi connectivity index (χ0v) is 9.91. The number of alkyl halides is 2. The lowest BCUT2D eigenvalue weighted by atomic mass is 10.4. The van der Waals surface area contributed by atoms with Crippen LogP contribution in [0.25, 0.3) is 0 Å². The number of rotatable bonds is 4. The Kier molecular flexibility index (Phi) is 3.81. The number of nitrogens with zero attached hydrogens (tertiary/aromatic N) is 2. The summed E-state index contributed by atoms with van der Waals surface area (Å²) in [6.07, 6.45) is 2.33. The minimum Gasteiger partial charge on any atom is -0.277 e. The summed E-state index contributed by atoms with van der Waals surface area (Å²) in [4.78, 5) is 3.97. The molecule has 1 unspecified atom stereocenters. The Morgan fingerprint density at radius 3 is 2.83 bits per heavy atom. The molecule has 7 heteroatoms. The largest absolute Gasteiger partial charge is 0.319 e. The molecule has 0 bridgehead atoms. The molecule has 0 fully saturated rings. The van der Waals surface area contributed by atoms with Crippen LogP contribution in [0.15, 0.2) is 41.6 Å². The van der Waals surface area contributed by atoms with Crippen molar-refractivity contribution in [1.29, 1.82) is 0 Å². The molecule has 0 N–H and O–H groups in total. The minimum absolute atomic E-state index is 0.00703. The van der Waals surface area contributed by atoms with Gasteiger partial charge in [0.2, 0.25) is 0 Å². The third-order valence-corrected chi connectivity index (χ3v) is 3.58. The fraction of sp³-hybridized carbons (Fsp3) is 0.182. The summed E-state index contributed by atoms with van der Waals surface area (Å²) < 4.78 is 50.5. The fourth-order valence-electron chi connectivity index (χ4n) is 1.44. The van der Waals surface area contributed by atoms with Gasteiger partial charge in [0.1, 0.15) is 11.6 Å². The molecule has 1 heterocycles. The molecule has 0 spiro atoms. The first kappa shape index (κ1) is 12.8. The highest BCUT2D eigenvalue weighted by atomic mass is 32.2. The Labute approximate surface area is 104 Å². The zero-order chi connectivity index (χ0) is 13.1. The van der Waals surface area contributed by atoms with Crippen molar-refractivity contribution in [2.24, 2.45) is 0 Å². The first-order valence-corrected chi connectivity index (χ1v) is 6.33. The Hall–Kier alpha value is -1.63. The van der Waals surface area contributed by atoms with E-state index < -0.39 is 23.2 Å². The maximum Gasteiger partial charge on any atom is 0.319 e. The number of benzene rings is 1. The molecule has 18 heavy (non-hydrogen) atoms. The Morgan fingerprint density at radius 1 is 1.39 bits per heavy atom. The minimum atomic E-state index is -2.73. The quantitative estimate of drug-likeness (QED) is 0.859. The molecule has 1 aromatic carbocycles. The van der Waals surface area contributed by atoms with Gasteiger partial charge >= 0.3 is 6.55 Å². The van der Waals surface area contributed by atoms with Crippen molar-refractivity contribution in [3.05, 3.63) is 48.3 Å². The molecule has 0 amide bonds. The van der Waals surface area contributed by atoms with Gasteiger partial charge in [0.05, 0.1) is 16.6 Å². The van der Waals surface area contributed by atoms with E-state index >= 15 is 0 Å². The van der Waals surface area contributed by atoms with Crippen molar-refractivity contribution in [2.75, 3.05) is 0 Å². The van der Waals surface area contributed by atoms with Crippen LogP contribution in [0.1, 0.15) is 12.4 Å². The van der Waals surface area contributed by atoms with Crippen LogP contribution in [0.5, 0.6) is 0 Å². The van der Waals surface area contributed by atoms with E-state index in [0.29, 0.717) is 4.57 Å². The van der Waals surface area contributed by atoms with Crippen molar-refractivity contribution >= 4 is 10.8 Å². The first-order valence-electron chi connectivity index (χ1n) is 5.01. The molecular weight excluding hydrogens is 265 g/mol. The van der Waals surface area contributed by atoms with Gasteiger partial charge in [-0.05, 0) is 18.2 Å². The third-order valence-electron chi connectivity index (χ3n) is 2.28. The van der Waals surface area contributed by atoms with Crippen LogP contribution in [0.3, 0.4) is 0 Å². The lowest BCUT2D eigenvalue weighted by molar-refractivity contribution is 0.0677. The number of aromatic nitrogens is 2. The lowest BCUT2D eigenvalue weighted by Crippen LogP contribution is -2.07. The molecule has 2 rings (SSSR count).